The monoisotopic (exact) mass is 356 g/mol. The summed E-state index contributed by atoms with van der Waals surface area (Å²) in [5, 5.41) is 0. The van der Waals surface area contributed by atoms with Crippen molar-refractivity contribution in [1.29, 1.82) is 0 Å². The smallest absolute Gasteiger partial charge is 0.245 e. The summed E-state index contributed by atoms with van der Waals surface area (Å²) in [6, 6.07) is 10.3. The third-order valence-electron chi connectivity index (χ3n) is 5.46. The van der Waals surface area contributed by atoms with E-state index in [0.29, 0.717) is 39.2 Å². The molecule has 1 aromatic rings. The second-order valence-corrected chi connectivity index (χ2v) is 7.22. The summed E-state index contributed by atoms with van der Waals surface area (Å²) in [4.78, 5) is 28.1. The molecule has 2 aliphatic heterocycles. The number of rotatable bonds is 5. The first-order valence-corrected chi connectivity index (χ1v) is 9.49. The number of hydrogen-bond acceptors (Lipinski definition) is 3. The zero-order chi connectivity index (χ0) is 18.4. The van der Waals surface area contributed by atoms with Crippen molar-refractivity contribution in [2.75, 3.05) is 32.8 Å². The van der Waals surface area contributed by atoms with E-state index in [0.717, 1.165) is 25.7 Å². The van der Waals surface area contributed by atoms with Gasteiger partial charge in [0.2, 0.25) is 11.8 Å². The number of ether oxygens (including phenoxy) is 1. The van der Waals surface area contributed by atoms with E-state index in [4.69, 9.17) is 4.74 Å². The van der Waals surface area contributed by atoms with Gasteiger partial charge in [-0.3, -0.25) is 9.59 Å². The lowest BCUT2D eigenvalue weighted by atomic mass is 9.89. The maximum Gasteiger partial charge on any atom is 0.245 e. The van der Waals surface area contributed by atoms with Gasteiger partial charge in [0.1, 0.15) is 0 Å². The standard InChI is InChI=1S/C21H28N2O3/c1-2-19(24)22-13-11-21(12-14-22)17-23(15-16-26-21)20(25)10-6-9-18-7-4-3-5-8-18/h2-5,7-8H,1,6,9-17H2. The van der Waals surface area contributed by atoms with Crippen LogP contribution >= 0.6 is 0 Å². The predicted octanol–water partition coefficient (Wildman–Crippen LogP) is 2.42. The molecule has 2 saturated heterocycles. The molecule has 0 bridgehead atoms. The Labute approximate surface area is 155 Å². The number of aryl methyl sites for hydroxylation is 1. The first kappa shape index (κ1) is 18.6. The molecule has 2 amide bonds. The minimum atomic E-state index is -0.286. The Morgan fingerprint density at radius 2 is 1.85 bits per heavy atom. The summed E-state index contributed by atoms with van der Waals surface area (Å²) in [5.41, 5.74) is 0.990. The molecule has 2 aliphatic rings. The summed E-state index contributed by atoms with van der Waals surface area (Å²) >= 11 is 0. The summed E-state index contributed by atoms with van der Waals surface area (Å²) in [6.45, 7) is 6.78. The molecule has 0 aromatic heterocycles. The molecule has 0 atom stereocenters. The largest absolute Gasteiger partial charge is 0.371 e. The van der Waals surface area contributed by atoms with E-state index in [1.54, 1.807) is 0 Å². The van der Waals surface area contributed by atoms with Crippen LogP contribution in [0.15, 0.2) is 43.0 Å². The van der Waals surface area contributed by atoms with Crippen molar-refractivity contribution in [3.05, 3.63) is 48.6 Å². The van der Waals surface area contributed by atoms with Gasteiger partial charge in [-0.1, -0.05) is 36.9 Å². The van der Waals surface area contributed by atoms with Gasteiger partial charge in [0.25, 0.3) is 0 Å². The number of hydrogen-bond donors (Lipinski definition) is 0. The van der Waals surface area contributed by atoms with Crippen LogP contribution in [-0.4, -0.2) is 60.0 Å². The Morgan fingerprint density at radius 1 is 1.12 bits per heavy atom. The zero-order valence-electron chi connectivity index (χ0n) is 15.4. The van der Waals surface area contributed by atoms with E-state index in [2.05, 4.69) is 18.7 Å². The quantitative estimate of drug-likeness (QED) is 0.762. The minimum absolute atomic E-state index is 0.0236. The van der Waals surface area contributed by atoms with E-state index in [-0.39, 0.29) is 17.4 Å². The van der Waals surface area contributed by atoms with Crippen LogP contribution in [0.5, 0.6) is 0 Å². The van der Waals surface area contributed by atoms with Gasteiger partial charge in [-0.05, 0) is 37.3 Å². The number of carbonyl (C=O) groups is 2. The molecule has 26 heavy (non-hydrogen) atoms. The summed E-state index contributed by atoms with van der Waals surface area (Å²) in [6.07, 6.45) is 5.30. The fraction of sp³-hybridized carbons (Fsp3) is 0.524. The highest BCUT2D eigenvalue weighted by Gasteiger charge is 2.41. The molecule has 1 spiro atoms. The topological polar surface area (TPSA) is 49.9 Å². The third kappa shape index (κ3) is 4.52. The van der Waals surface area contributed by atoms with Crippen LogP contribution in [0.2, 0.25) is 0 Å². The lowest BCUT2D eigenvalue weighted by Crippen LogP contribution is -2.58. The molecule has 0 aliphatic carbocycles. The number of morpholine rings is 1. The van der Waals surface area contributed by atoms with Crippen molar-refractivity contribution in [1.82, 2.24) is 9.80 Å². The fourth-order valence-corrected chi connectivity index (χ4v) is 3.87. The van der Waals surface area contributed by atoms with Crippen LogP contribution in [0.3, 0.4) is 0 Å². The number of nitrogens with zero attached hydrogens (tertiary/aromatic N) is 2. The van der Waals surface area contributed by atoms with E-state index in [1.807, 2.05) is 28.0 Å². The lowest BCUT2D eigenvalue weighted by molar-refractivity contribution is -0.162. The SMILES string of the molecule is C=CC(=O)N1CCC2(CC1)CN(C(=O)CCCc1ccccc1)CCO2. The zero-order valence-corrected chi connectivity index (χ0v) is 15.4. The molecule has 0 saturated carbocycles. The van der Waals surface area contributed by atoms with Crippen LogP contribution < -0.4 is 0 Å². The first-order chi connectivity index (χ1) is 12.6. The Balaban J connectivity index is 1.48. The van der Waals surface area contributed by atoms with Crippen LogP contribution in [0.25, 0.3) is 0 Å². The number of piperidine rings is 1. The van der Waals surface area contributed by atoms with Crippen molar-refractivity contribution in [3.8, 4) is 0 Å². The second kappa shape index (κ2) is 8.49. The molecular weight excluding hydrogens is 328 g/mol. The Hall–Kier alpha value is -2.14. The van der Waals surface area contributed by atoms with Crippen molar-refractivity contribution in [3.63, 3.8) is 0 Å². The van der Waals surface area contributed by atoms with Crippen LogP contribution in [0.1, 0.15) is 31.2 Å². The number of benzene rings is 1. The molecule has 0 radical (unpaired) electrons. The van der Waals surface area contributed by atoms with Crippen molar-refractivity contribution in [2.45, 2.75) is 37.7 Å². The van der Waals surface area contributed by atoms with Gasteiger partial charge < -0.3 is 14.5 Å². The van der Waals surface area contributed by atoms with Gasteiger partial charge in [-0.15, -0.1) is 0 Å². The average molecular weight is 356 g/mol. The summed E-state index contributed by atoms with van der Waals surface area (Å²) in [7, 11) is 0. The summed E-state index contributed by atoms with van der Waals surface area (Å²) in [5.74, 6) is 0.192. The number of carbonyl (C=O) groups excluding carboxylic acids is 2. The van der Waals surface area contributed by atoms with E-state index in [9.17, 15) is 9.59 Å². The molecule has 1 aromatic carbocycles. The maximum atomic E-state index is 12.6. The minimum Gasteiger partial charge on any atom is -0.371 e. The molecule has 3 rings (SSSR count). The first-order valence-electron chi connectivity index (χ1n) is 9.49. The lowest BCUT2D eigenvalue weighted by Gasteiger charge is -2.47. The van der Waals surface area contributed by atoms with Crippen LogP contribution in [0.4, 0.5) is 0 Å². The Kier molecular flexibility index (Phi) is 6.09. The van der Waals surface area contributed by atoms with E-state index < -0.39 is 0 Å². The van der Waals surface area contributed by atoms with Crippen molar-refractivity contribution < 1.29 is 14.3 Å². The maximum absolute atomic E-state index is 12.6. The molecule has 140 valence electrons. The highest BCUT2D eigenvalue weighted by atomic mass is 16.5. The number of amides is 2. The van der Waals surface area contributed by atoms with Crippen LogP contribution in [-0.2, 0) is 20.7 Å². The molecular formula is C21H28N2O3. The van der Waals surface area contributed by atoms with Crippen molar-refractivity contribution in [2.24, 2.45) is 0 Å². The van der Waals surface area contributed by atoms with E-state index >= 15 is 0 Å². The predicted molar refractivity (Wildman–Crippen MR) is 101 cm³/mol. The van der Waals surface area contributed by atoms with Gasteiger partial charge in [0.15, 0.2) is 0 Å². The van der Waals surface area contributed by atoms with Gasteiger partial charge >= 0.3 is 0 Å². The van der Waals surface area contributed by atoms with Gasteiger partial charge in [0, 0.05) is 32.6 Å². The van der Waals surface area contributed by atoms with E-state index in [1.165, 1.54) is 11.6 Å². The van der Waals surface area contributed by atoms with Gasteiger partial charge in [0.05, 0.1) is 12.2 Å². The van der Waals surface area contributed by atoms with Crippen LogP contribution in [0, 0.1) is 0 Å². The Bertz CT molecular complexity index is 636. The highest BCUT2D eigenvalue weighted by molar-refractivity contribution is 5.87. The number of likely N-dealkylation sites (tertiary alicyclic amines) is 1. The van der Waals surface area contributed by atoms with Gasteiger partial charge in [-0.25, -0.2) is 0 Å². The molecule has 2 heterocycles. The molecule has 0 unspecified atom stereocenters. The van der Waals surface area contributed by atoms with Crippen molar-refractivity contribution >= 4 is 11.8 Å². The molecule has 2 fully saturated rings. The van der Waals surface area contributed by atoms with Gasteiger partial charge in [-0.2, -0.15) is 0 Å². The molecule has 5 heteroatoms. The molecule has 5 nitrogen and oxygen atoms in total. The summed E-state index contributed by atoms with van der Waals surface area (Å²) < 4.78 is 6.06. The highest BCUT2D eigenvalue weighted by Crippen LogP contribution is 2.30. The third-order valence-corrected chi connectivity index (χ3v) is 5.46. The fourth-order valence-electron chi connectivity index (χ4n) is 3.87. The Morgan fingerprint density at radius 3 is 2.54 bits per heavy atom. The second-order valence-electron chi connectivity index (χ2n) is 7.22. The average Bonchev–Trinajstić information content (AvgIpc) is 2.69. The molecule has 0 N–H and O–H groups in total. The normalized spacial score (nSPS) is 19.4.